The quantitative estimate of drug-likeness (QED) is 0.605. The molecule has 1 aliphatic rings. The van der Waals surface area contributed by atoms with E-state index in [1.165, 1.54) is 5.56 Å². The lowest BCUT2D eigenvalue weighted by molar-refractivity contribution is -0.127. The number of benzene rings is 1. The molecule has 2 aromatic heterocycles. The number of carbonyl (C=O) groups excluding carboxylic acids is 1. The van der Waals surface area contributed by atoms with E-state index in [0.29, 0.717) is 6.54 Å². The van der Waals surface area contributed by atoms with Crippen LogP contribution in [0.3, 0.4) is 0 Å². The minimum atomic E-state index is 0.0407. The molecule has 5 nitrogen and oxygen atoms in total. The molecular weight excluding hydrogens is 372 g/mol. The summed E-state index contributed by atoms with van der Waals surface area (Å²) in [5.41, 5.74) is 4.41. The SMILES string of the molecule is Cc1ncc(Cc2ccccc2)c([C@H]2CCCN(C(=O)/C=C/c3cccnc3)C2)n1. The van der Waals surface area contributed by atoms with Crippen LogP contribution in [0.4, 0.5) is 0 Å². The third-order valence-corrected chi connectivity index (χ3v) is 5.48. The van der Waals surface area contributed by atoms with Crippen LogP contribution in [0.25, 0.3) is 6.08 Å². The summed E-state index contributed by atoms with van der Waals surface area (Å²) in [4.78, 5) is 28.0. The maximum atomic E-state index is 12.8. The summed E-state index contributed by atoms with van der Waals surface area (Å²) in [6.07, 6.45) is 11.7. The average molecular weight is 399 g/mol. The van der Waals surface area contributed by atoms with E-state index < -0.39 is 0 Å². The second-order valence-electron chi connectivity index (χ2n) is 7.73. The van der Waals surface area contributed by atoms with Crippen LogP contribution in [0.1, 0.15) is 47.0 Å². The molecule has 0 saturated carbocycles. The topological polar surface area (TPSA) is 59.0 Å². The Balaban J connectivity index is 1.51. The van der Waals surface area contributed by atoms with Gasteiger partial charge in [-0.05, 0) is 48.6 Å². The van der Waals surface area contributed by atoms with Gasteiger partial charge in [0.1, 0.15) is 5.82 Å². The van der Waals surface area contributed by atoms with Crippen molar-refractivity contribution in [1.82, 2.24) is 19.9 Å². The Bertz CT molecular complexity index is 1020. The van der Waals surface area contributed by atoms with Crippen LogP contribution in [0.5, 0.6) is 0 Å². The van der Waals surface area contributed by atoms with Crippen molar-refractivity contribution >= 4 is 12.0 Å². The van der Waals surface area contributed by atoms with Crippen LogP contribution in [0.2, 0.25) is 0 Å². The zero-order chi connectivity index (χ0) is 20.8. The summed E-state index contributed by atoms with van der Waals surface area (Å²) in [5, 5.41) is 0. The smallest absolute Gasteiger partial charge is 0.246 e. The molecule has 152 valence electrons. The molecule has 1 aromatic carbocycles. The fourth-order valence-corrected chi connectivity index (χ4v) is 3.97. The van der Waals surface area contributed by atoms with Gasteiger partial charge in [-0.2, -0.15) is 0 Å². The maximum absolute atomic E-state index is 12.8. The number of piperidine rings is 1. The highest BCUT2D eigenvalue weighted by atomic mass is 16.2. The number of pyridine rings is 1. The molecule has 0 spiro atoms. The van der Waals surface area contributed by atoms with Crippen LogP contribution >= 0.6 is 0 Å². The summed E-state index contributed by atoms with van der Waals surface area (Å²) >= 11 is 0. The van der Waals surface area contributed by atoms with Crippen molar-refractivity contribution in [1.29, 1.82) is 0 Å². The highest BCUT2D eigenvalue weighted by Crippen LogP contribution is 2.29. The van der Waals surface area contributed by atoms with Gasteiger partial charge in [-0.25, -0.2) is 9.97 Å². The van der Waals surface area contributed by atoms with Crippen molar-refractivity contribution in [2.24, 2.45) is 0 Å². The van der Waals surface area contributed by atoms with E-state index in [4.69, 9.17) is 4.98 Å². The van der Waals surface area contributed by atoms with E-state index in [1.54, 1.807) is 18.5 Å². The fourth-order valence-electron chi connectivity index (χ4n) is 3.97. The number of aromatic nitrogens is 3. The summed E-state index contributed by atoms with van der Waals surface area (Å²) in [6.45, 7) is 3.40. The van der Waals surface area contributed by atoms with Crippen LogP contribution in [-0.2, 0) is 11.2 Å². The molecule has 0 N–H and O–H groups in total. The van der Waals surface area contributed by atoms with E-state index in [1.807, 2.05) is 42.3 Å². The summed E-state index contributed by atoms with van der Waals surface area (Å²) in [7, 11) is 0. The maximum Gasteiger partial charge on any atom is 0.246 e. The highest BCUT2D eigenvalue weighted by Gasteiger charge is 2.26. The molecule has 5 heteroatoms. The standard InChI is InChI=1S/C25H26N4O/c1-19-27-17-23(15-20-7-3-2-4-8-20)25(28-19)22-10-6-14-29(18-22)24(30)12-11-21-9-5-13-26-16-21/h2-5,7-9,11-13,16-17,22H,6,10,14-15,18H2,1H3/b12-11+/t22-/m0/s1. The molecular formula is C25H26N4O. The van der Waals surface area contributed by atoms with Gasteiger partial charge in [0.2, 0.25) is 5.91 Å². The molecule has 30 heavy (non-hydrogen) atoms. The molecule has 1 saturated heterocycles. The zero-order valence-corrected chi connectivity index (χ0v) is 17.2. The monoisotopic (exact) mass is 398 g/mol. The number of hydrogen-bond donors (Lipinski definition) is 0. The van der Waals surface area contributed by atoms with E-state index >= 15 is 0 Å². The molecule has 0 aliphatic carbocycles. The third-order valence-electron chi connectivity index (χ3n) is 5.48. The van der Waals surface area contributed by atoms with Gasteiger partial charge in [-0.15, -0.1) is 0 Å². The Morgan fingerprint density at radius 1 is 1.17 bits per heavy atom. The number of nitrogens with zero attached hydrogens (tertiary/aromatic N) is 4. The van der Waals surface area contributed by atoms with Crippen molar-refractivity contribution in [2.45, 2.75) is 32.1 Å². The summed E-state index contributed by atoms with van der Waals surface area (Å²) < 4.78 is 0. The number of likely N-dealkylation sites (tertiary alicyclic amines) is 1. The molecule has 3 heterocycles. The second kappa shape index (κ2) is 9.44. The van der Waals surface area contributed by atoms with E-state index in [0.717, 1.165) is 48.5 Å². The lowest BCUT2D eigenvalue weighted by Crippen LogP contribution is -2.38. The second-order valence-corrected chi connectivity index (χ2v) is 7.73. The first-order valence-corrected chi connectivity index (χ1v) is 10.4. The largest absolute Gasteiger partial charge is 0.338 e. The molecule has 4 rings (SSSR count). The minimum Gasteiger partial charge on any atom is -0.338 e. The number of hydrogen-bond acceptors (Lipinski definition) is 4. The summed E-state index contributed by atoms with van der Waals surface area (Å²) in [5.74, 6) is 1.05. The number of aryl methyl sites for hydroxylation is 1. The molecule has 0 bridgehead atoms. The number of amides is 1. The third kappa shape index (κ3) is 4.98. The first-order valence-electron chi connectivity index (χ1n) is 10.4. The predicted octanol–water partition coefficient (Wildman–Crippen LogP) is 4.19. The normalized spacial score (nSPS) is 16.7. The van der Waals surface area contributed by atoms with Gasteiger partial charge in [-0.1, -0.05) is 36.4 Å². The summed E-state index contributed by atoms with van der Waals surface area (Å²) in [6, 6.07) is 14.2. The van der Waals surface area contributed by atoms with Crippen LogP contribution in [0.15, 0.2) is 67.1 Å². The predicted molar refractivity (Wildman–Crippen MR) is 118 cm³/mol. The van der Waals surface area contributed by atoms with Gasteiger partial charge < -0.3 is 4.90 Å². The van der Waals surface area contributed by atoms with E-state index in [2.05, 4.69) is 34.2 Å². The van der Waals surface area contributed by atoms with Crippen LogP contribution in [0, 0.1) is 6.92 Å². The molecule has 1 amide bonds. The molecule has 0 radical (unpaired) electrons. The van der Waals surface area contributed by atoms with Crippen LogP contribution in [-0.4, -0.2) is 38.8 Å². The van der Waals surface area contributed by atoms with Gasteiger partial charge in [0.25, 0.3) is 0 Å². The fraction of sp³-hybridized carbons (Fsp3) is 0.280. The van der Waals surface area contributed by atoms with Gasteiger partial charge in [0.15, 0.2) is 0 Å². The molecule has 1 aliphatic heterocycles. The molecule has 0 unspecified atom stereocenters. The number of rotatable bonds is 5. The number of carbonyl (C=O) groups is 1. The Morgan fingerprint density at radius 2 is 2.03 bits per heavy atom. The molecule has 1 fully saturated rings. The van der Waals surface area contributed by atoms with Gasteiger partial charge in [0, 0.05) is 50.1 Å². The average Bonchev–Trinajstić information content (AvgIpc) is 2.80. The first kappa shape index (κ1) is 20.0. The van der Waals surface area contributed by atoms with Crippen molar-refractivity contribution < 1.29 is 4.79 Å². The van der Waals surface area contributed by atoms with Crippen molar-refractivity contribution in [3.63, 3.8) is 0 Å². The Hall–Kier alpha value is -3.34. The molecule has 1 atom stereocenters. The lowest BCUT2D eigenvalue weighted by Gasteiger charge is -2.32. The van der Waals surface area contributed by atoms with Crippen LogP contribution < -0.4 is 0 Å². The van der Waals surface area contributed by atoms with Crippen molar-refractivity contribution in [3.8, 4) is 0 Å². The highest BCUT2D eigenvalue weighted by molar-refractivity contribution is 5.91. The lowest BCUT2D eigenvalue weighted by atomic mass is 9.90. The van der Waals surface area contributed by atoms with Gasteiger partial charge >= 0.3 is 0 Å². The van der Waals surface area contributed by atoms with E-state index in [-0.39, 0.29) is 11.8 Å². The Morgan fingerprint density at radius 3 is 2.83 bits per heavy atom. The van der Waals surface area contributed by atoms with E-state index in [9.17, 15) is 4.79 Å². The van der Waals surface area contributed by atoms with Crippen molar-refractivity contribution in [3.05, 3.63) is 95.3 Å². The Labute approximate surface area is 177 Å². The zero-order valence-electron chi connectivity index (χ0n) is 17.2. The minimum absolute atomic E-state index is 0.0407. The van der Waals surface area contributed by atoms with Gasteiger partial charge in [0.05, 0.1) is 5.69 Å². The first-order chi connectivity index (χ1) is 14.7. The molecule has 3 aromatic rings. The van der Waals surface area contributed by atoms with Crippen molar-refractivity contribution in [2.75, 3.05) is 13.1 Å². The van der Waals surface area contributed by atoms with Gasteiger partial charge in [-0.3, -0.25) is 9.78 Å². The Kier molecular flexibility index (Phi) is 6.28.